The first kappa shape index (κ1) is 21.3. The molecule has 0 bridgehead atoms. The van der Waals surface area contributed by atoms with E-state index in [1.54, 1.807) is 0 Å². The molecule has 6 atom stereocenters. The van der Waals surface area contributed by atoms with Crippen LogP contribution in [0.4, 0.5) is 0 Å². The summed E-state index contributed by atoms with van der Waals surface area (Å²) >= 11 is 0. The Labute approximate surface area is 114 Å². The van der Waals surface area contributed by atoms with Crippen LogP contribution in [0, 0.1) is 0 Å². The fourth-order valence-electron chi connectivity index (χ4n) is 0.832. The first-order valence-electron chi connectivity index (χ1n) is 5.47. The van der Waals surface area contributed by atoms with Crippen molar-refractivity contribution in [3.8, 4) is 0 Å². The van der Waals surface area contributed by atoms with Gasteiger partial charge in [0, 0.05) is 0 Å². The number of carbonyl (C=O) groups is 2. The molecule has 0 heterocycles. The summed E-state index contributed by atoms with van der Waals surface area (Å²) in [5.41, 5.74) is 0. The van der Waals surface area contributed by atoms with E-state index < -0.39 is 49.8 Å². The Kier molecular flexibility index (Phi) is 12.6. The van der Waals surface area contributed by atoms with E-state index in [0.29, 0.717) is 0 Å². The number of aliphatic hydroxyl groups excluding tert-OH is 8. The Bertz CT molecular complexity index is 234. The summed E-state index contributed by atoms with van der Waals surface area (Å²) in [6.07, 6.45) is -9.26. The average molecular weight is 300 g/mol. The van der Waals surface area contributed by atoms with Gasteiger partial charge in [0.2, 0.25) is 0 Å². The molecule has 10 nitrogen and oxygen atoms in total. The van der Waals surface area contributed by atoms with Crippen LogP contribution in [0.3, 0.4) is 0 Å². The summed E-state index contributed by atoms with van der Waals surface area (Å²) in [4.78, 5) is 19.5. The lowest BCUT2D eigenvalue weighted by Gasteiger charge is -2.16. The van der Waals surface area contributed by atoms with E-state index in [1.165, 1.54) is 0 Å². The highest BCUT2D eigenvalue weighted by atomic mass is 16.4. The van der Waals surface area contributed by atoms with Gasteiger partial charge in [-0.05, 0) is 0 Å². The van der Waals surface area contributed by atoms with Crippen LogP contribution < -0.4 is 0 Å². The molecule has 120 valence electrons. The van der Waals surface area contributed by atoms with Gasteiger partial charge in [-0.25, -0.2) is 0 Å². The minimum Gasteiger partial charge on any atom is -0.394 e. The fraction of sp³-hybridized carbons (Fsp3) is 0.800. The molecule has 0 spiro atoms. The molecule has 0 aromatic rings. The fourth-order valence-corrected chi connectivity index (χ4v) is 0.832. The zero-order chi connectivity index (χ0) is 16.3. The van der Waals surface area contributed by atoms with E-state index in [0.717, 1.165) is 0 Å². The molecule has 0 aliphatic heterocycles. The van der Waals surface area contributed by atoms with E-state index in [1.807, 2.05) is 0 Å². The number of hydrogen-bond acceptors (Lipinski definition) is 10. The van der Waals surface area contributed by atoms with Crippen LogP contribution >= 0.6 is 0 Å². The van der Waals surface area contributed by atoms with Crippen molar-refractivity contribution < 1.29 is 50.4 Å². The molecule has 10 heteroatoms. The van der Waals surface area contributed by atoms with Gasteiger partial charge < -0.3 is 50.4 Å². The highest BCUT2D eigenvalue weighted by Crippen LogP contribution is 1.97. The molecule has 0 unspecified atom stereocenters. The van der Waals surface area contributed by atoms with Gasteiger partial charge in [-0.15, -0.1) is 0 Å². The third-order valence-corrected chi connectivity index (χ3v) is 2.14. The lowest BCUT2D eigenvalue weighted by atomic mass is 10.1. The Morgan fingerprint density at radius 2 is 0.900 bits per heavy atom. The highest BCUT2D eigenvalue weighted by Gasteiger charge is 2.23. The third-order valence-electron chi connectivity index (χ3n) is 2.14. The lowest BCUT2D eigenvalue weighted by molar-refractivity contribution is -0.128. The van der Waals surface area contributed by atoms with Gasteiger partial charge in [0.15, 0.2) is 12.6 Å². The maximum Gasteiger partial charge on any atom is 0.151 e. The topological polar surface area (TPSA) is 196 Å². The van der Waals surface area contributed by atoms with E-state index >= 15 is 0 Å². The van der Waals surface area contributed by atoms with Crippen LogP contribution in [0.1, 0.15) is 0 Å². The monoisotopic (exact) mass is 300 g/mol. The van der Waals surface area contributed by atoms with Crippen LogP contribution in [0.15, 0.2) is 0 Å². The molecule has 0 amide bonds. The van der Waals surface area contributed by atoms with E-state index in [9.17, 15) is 9.59 Å². The normalized spacial score (nSPS) is 19.6. The summed E-state index contributed by atoms with van der Waals surface area (Å²) in [6.45, 7) is -1.38. The van der Waals surface area contributed by atoms with Crippen LogP contribution in [0.2, 0.25) is 0 Å². The zero-order valence-electron chi connectivity index (χ0n) is 10.4. The molecule has 8 N–H and O–H groups in total. The Balaban J connectivity index is 0. The summed E-state index contributed by atoms with van der Waals surface area (Å²) < 4.78 is 0. The minimum atomic E-state index is -1.64. The number of aldehydes is 2. The van der Waals surface area contributed by atoms with Crippen molar-refractivity contribution in [1.82, 2.24) is 0 Å². The van der Waals surface area contributed by atoms with Gasteiger partial charge in [0.25, 0.3) is 0 Å². The molecule has 0 aromatic heterocycles. The van der Waals surface area contributed by atoms with E-state index in [-0.39, 0.29) is 12.6 Å². The van der Waals surface area contributed by atoms with Crippen molar-refractivity contribution in [2.24, 2.45) is 0 Å². The summed E-state index contributed by atoms with van der Waals surface area (Å²) in [7, 11) is 0. The van der Waals surface area contributed by atoms with Crippen LogP contribution in [-0.2, 0) is 9.59 Å². The number of rotatable bonds is 8. The quantitative estimate of drug-likeness (QED) is 0.200. The molecule has 20 heavy (non-hydrogen) atoms. The van der Waals surface area contributed by atoms with Crippen molar-refractivity contribution >= 4 is 12.6 Å². The first-order valence-corrected chi connectivity index (χ1v) is 5.47. The van der Waals surface area contributed by atoms with Crippen molar-refractivity contribution in [2.75, 3.05) is 13.2 Å². The maximum atomic E-state index is 9.76. The second-order valence-corrected chi connectivity index (χ2v) is 3.73. The Morgan fingerprint density at radius 3 is 1.05 bits per heavy atom. The predicted molar refractivity (Wildman–Crippen MR) is 62.3 cm³/mol. The van der Waals surface area contributed by atoms with Gasteiger partial charge in [-0.2, -0.15) is 0 Å². The van der Waals surface area contributed by atoms with Gasteiger partial charge in [0.1, 0.15) is 36.6 Å². The predicted octanol–water partition coefficient (Wildman–Crippen LogP) is -5.48. The van der Waals surface area contributed by atoms with Gasteiger partial charge in [-0.3, -0.25) is 0 Å². The van der Waals surface area contributed by atoms with Crippen LogP contribution in [0.25, 0.3) is 0 Å². The third kappa shape index (κ3) is 8.24. The second kappa shape index (κ2) is 11.8. The summed E-state index contributed by atoms with van der Waals surface area (Å²) in [6, 6.07) is 0. The van der Waals surface area contributed by atoms with E-state index in [2.05, 4.69) is 0 Å². The number of aliphatic hydroxyl groups is 8. The average Bonchev–Trinajstić information content (AvgIpc) is 2.50. The van der Waals surface area contributed by atoms with Gasteiger partial charge in [-0.1, -0.05) is 0 Å². The minimum absolute atomic E-state index is 0.0869. The maximum absolute atomic E-state index is 9.76. The largest absolute Gasteiger partial charge is 0.394 e. The summed E-state index contributed by atoms with van der Waals surface area (Å²) in [5.74, 6) is 0. The second-order valence-electron chi connectivity index (χ2n) is 3.73. The van der Waals surface area contributed by atoms with Crippen molar-refractivity contribution in [1.29, 1.82) is 0 Å². The molecular weight excluding hydrogens is 280 g/mol. The molecule has 0 saturated heterocycles. The zero-order valence-corrected chi connectivity index (χ0v) is 10.4. The van der Waals surface area contributed by atoms with Crippen LogP contribution in [0.5, 0.6) is 0 Å². The smallest absolute Gasteiger partial charge is 0.151 e. The Hall–Kier alpha value is -0.980. The molecular formula is C10H20O10. The number of hydrogen-bond donors (Lipinski definition) is 8. The van der Waals surface area contributed by atoms with Crippen molar-refractivity contribution in [2.45, 2.75) is 36.6 Å². The molecule has 0 aliphatic rings. The van der Waals surface area contributed by atoms with Gasteiger partial charge in [0.05, 0.1) is 13.2 Å². The van der Waals surface area contributed by atoms with Crippen molar-refractivity contribution in [3.63, 3.8) is 0 Å². The molecule has 0 saturated carbocycles. The van der Waals surface area contributed by atoms with Gasteiger partial charge >= 0.3 is 0 Å². The standard InChI is InChI=1S/2C5H10O5/c2*6-1-3(8)5(10)4(9)2-7/h2*1,3-5,7-10H,2H2/t3-,4+,5+;3-,4-,5-/m01/s1. The number of carbonyl (C=O) groups excluding carboxylic acids is 2. The van der Waals surface area contributed by atoms with E-state index in [4.69, 9.17) is 40.9 Å². The molecule has 0 aromatic carbocycles. The van der Waals surface area contributed by atoms with Crippen molar-refractivity contribution in [3.05, 3.63) is 0 Å². The first-order chi connectivity index (χ1) is 9.26. The van der Waals surface area contributed by atoms with Crippen LogP contribution in [-0.4, -0.2) is 103 Å². The molecule has 0 rings (SSSR count). The Morgan fingerprint density at radius 1 is 0.650 bits per heavy atom. The molecule has 0 fully saturated rings. The molecule has 0 aliphatic carbocycles. The molecule has 0 radical (unpaired) electrons. The summed E-state index contributed by atoms with van der Waals surface area (Å²) in [5, 5.41) is 68.1. The lowest BCUT2D eigenvalue weighted by Crippen LogP contribution is -2.40. The highest BCUT2D eigenvalue weighted by molar-refractivity contribution is 5.57. The SMILES string of the molecule is O=C[C@@H](O)[C@@H](O)[C@H](O)CO.O=C[C@H](O)[C@@H](O)[C@H](O)CO.